The first-order valence-electron chi connectivity index (χ1n) is 6.19. The number of esters is 1. The molecule has 0 aliphatic rings. The largest absolute Gasteiger partial charge is 0.469 e. The zero-order valence-corrected chi connectivity index (χ0v) is 11.6. The number of methoxy groups -OCH3 is 1. The third-order valence-electron chi connectivity index (χ3n) is 2.26. The zero-order chi connectivity index (χ0) is 14.6. The van der Waals surface area contributed by atoms with Crippen LogP contribution in [0.1, 0.15) is 24.8 Å². The van der Waals surface area contributed by atoms with Gasteiger partial charge in [-0.05, 0) is 5.56 Å². The Morgan fingerprint density at radius 2 is 2.00 bits per heavy atom. The molecule has 0 saturated heterocycles. The van der Waals surface area contributed by atoms with E-state index in [0.717, 1.165) is 5.56 Å². The van der Waals surface area contributed by atoms with E-state index < -0.39 is 0 Å². The minimum absolute atomic E-state index is 0.157. The maximum Gasteiger partial charge on any atom is 0.305 e. The summed E-state index contributed by atoms with van der Waals surface area (Å²) in [6, 6.07) is 9.94. The van der Waals surface area contributed by atoms with Gasteiger partial charge in [-0.25, -0.2) is 0 Å². The van der Waals surface area contributed by atoms with E-state index in [4.69, 9.17) is 9.15 Å². The molecule has 0 aliphatic carbocycles. The van der Waals surface area contributed by atoms with Gasteiger partial charge in [0.15, 0.2) is 0 Å². The highest BCUT2D eigenvalue weighted by atomic mass is 16.5. The third-order valence-corrected chi connectivity index (χ3v) is 2.26. The lowest BCUT2D eigenvalue weighted by molar-refractivity contribution is -0.140. The number of carbonyl (C=O) groups excluding carboxylic acids is 1. The van der Waals surface area contributed by atoms with Crippen LogP contribution in [-0.4, -0.2) is 23.3 Å². The summed E-state index contributed by atoms with van der Waals surface area (Å²) >= 11 is 0. The van der Waals surface area contributed by atoms with Crippen molar-refractivity contribution in [1.29, 1.82) is 0 Å². The van der Waals surface area contributed by atoms with Gasteiger partial charge in [0.05, 0.1) is 13.7 Å². The van der Waals surface area contributed by atoms with Crippen LogP contribution in [0.4, 0.5) is 0 Å². The van der Waals surface area contributed by atoms with E-state index in [1.807, 2.05) is 30.3 Å². The number of aromatic nitrogens is 2. The molecule has 0 N–H and O–H groups in total. The van der Waals surface area contributed by atoms with Crippen LogP contribution in [0, 0.1) is 0 Å². The van der Waals surface area contributed by atoms with Crippen molar-refractivity contribution in [1.82, 2.24) is 10.2 Å². The van der Waals surface area contributed by atoms with Crippen molar-refractivity contribution in [2.24, 2.45) is 0 Å². The second-order valence-corrected chi connectivity index (χ2v) is 3.74. The molecule has 0 radical (unpaired) electrons. The van der Waals surface area contributed by atoms with E-state index in [9.17, 15) is 4.79 Å². The highest BCUT2D eigenvalue weighted by Crippen LogP contribution is 2.03. The van der Waals surface area contributed by atoms with Gasteiger partial charge in [-0.2, -0.15) is 0 Å². The van der Waals surface area contributed by atoms with Gasteiger partial charge in [-0.1, -0.05) is 37.3 Å². The number of hydrogen-bond acceptors (Lipinski definition) is 6. The van der Waals surface area contributed by atoms with E-state index in [0.29, 0.717) is 25.5 Å². The molecule has 1 aromatic heterocycles. The molecule has 0 aliphatic heterocycles. The molecule has 6 heteroatoms. The fourth-order valence-electron chi connectivity index (χ4n) is 1.23. The molecule has 0 fully saturated rings. The Hall–Kier alpha value is -2.21. The van der Waals surface area contributed by atoms with Crippen LogP contribution < -0.4 is 0 Å². The van der Waals surface area contributed by atoms with Crippen molar-refractivity contribution in [3.8, 4) is 0 Å². The Bertz CT molecular complexity index is 465. The number of hydrogen-bond donors (Lipinski definition) is 0. The Morgan fingerprint density at radius 3 is 2.50 bits per heavy atom. The fraction of sp³-hybridized carbons (Fsp3) is 0.357. The molecular formula is C14H18N2O4. The SMILES string of the molecule is CCC(=O)OC.c1ccc(COCc2nnco2)cc1. The predicted octanol–water partition coefficient (Wildman–Crippen LogP) is 2.36. The second-order valence-electron chi connectivity index (χ2n) is 3.74. The van der Waals surface area contributed by atoms with Crippen molar-refractivity contribution < 1.29 is 18.7 Å². The number of ether oxygens (including phenoxy) is 2. The van der Waals surface area contributed by atoms with E-state index in [2.05, 4.69) is 14.9 Å². The number of rotatable bonds is 5. The van der Waals surface area contributed by atoms with Gasteiger partial charge in [0.25, 0.3) is 0 Å². The van der Waals surface area contributed by atoms with Crippen molar-refractivity contribution in [2.45, 2.75) is 26.6 Å². The van der Waals surface area contributed by atoms with E-state index >= 15 is 0 Å². The normalized spacial score (nSPS) is 9.50. The lowest BCUT2D eigenvalue weighted by Crippen LogP contribution is -1.94. The highest BCUT2D eigenvalue weighted by molar-refractivity contribution is 5.68. The summed E-state index contributed by atoms with van der Waals surface area (Å²) in [6.45, 7) is 2.67. The summed E-state index contributed by atoms with van der Waals surface area (Å²) in [7, 11) is 1.38. The maximum absolute atomic E-state index is 9.96. The molecule has 0 amide bonds. The molecule has 0 bridgehead atoms. The van der Waals surface area contributed by atoms with E-state index in [1.165, 1.54) is 13.5 Å². The summed E-state index contributed by atoms with van der Waals surface area (Å²) in [5, 5.41) is 7.26. The molecule has 20 heavy (non-hydrogen) atoms. The third kappa shape index (κ3) is 6.65. The van der Waals surface area contributed by atoms with Crippen molar-refractivity contribution in [3.05, 3.63) is 48.2 Å². The van der Waals surface area contributed by atoms with Crippen LogP contribution in [0.3, 0.4) is 0 Å². The molecule has 0 unspecified atom stereocenters. The first-order chi connectivity index (χ1) is 9.76. The minimum atomic E-state index is -0.157. The van der Waals surface area contributed by atoms with Crippen molar-refractivity contribution >= 4 is 5.97 Å². The monoisotopic (exact) mass is 278 g/mol. The van der Waals surface area contributed by atoms with Gasteiger partial charge < -0.3 is 13.9 Å². The summed E-state index contributed by atoms with van der Waals surface area (Å²) < 4.78 is 14.6. The molecule has 2 aromatic rings. The summed E-state index contributed by atoms with van der Waals surface area (Å²) in [5.74, 6) is 0.343. The zero-order valence-electron chi connectivity index (χ0n) is 11.6. The van der Waals surface area contributed by atoms with Crippen LogP contribution in [0.25, 0.3) is 0 Å². The molecule has 6 nitrogen and oxygen atoms in total. The van der Waals surface area contributed by atoms with Gasteiger partial charge in [0, 0.05) is 6.42 Å². The quantitative estimate of drug-likeness (QED) is 0.781. The number of nitrogens with zero attached hydrogens (tertiary/aromatic N) is 2. The molecule has 1 aromatic carbocycles. The summed E-state index contributed by atoms with van der Waals surface area (Å²) in [6.07, 6.45) is 1.76. The van der Waals surface area contributed by atoms with Crippen LogP contribution in [0.15, 0.2) is 41.1 Å². The average Bonchev–Trinajstić information content (AvgIpc) is 3.01. The molecule has 108 valence electrons. The Morgan fingerprint density at radius 1 is 1.25 bits per heavy atom. The van der Waals surface area contributed by atoms with Crippen LogP contribution in [0.2, 0.25) is 0 Å². The van der Waals surface area contributed by atoms with Gasteiger partial charge in [0.2, 0.25) is 12.3 Å². The van der Waals surface area contributed by atoms with Gasteiger partial charge in [0.1, 0.15) is 6.61 Å². The van der Waals surface area contributed by atoms with E-state index in [1.54, 1.807) is 6.92 Å². The lowest BCUT2D eigenvalue weighted by atomic mass is 10.2. The minimum Gasteiger partial charge on any atom is -0.469 e. The van der Waals surface area contributed by atoms with Crippen LogP contribution >= 0.6 is 0 Å². The molecule has 1 heterocycles. The molecule has 0 saturated carbocycles. The summed E-state index contributed by atoms with van der Waals surface area (Å²) in [5.41, 5.74) is 1.13. The maximum atomic E-state index is 9.96. The van der Waals surface area contributed by atoms with E-state index in [-0.39, 0.29) is 5.97 Å². The Labute approximate surface area is 117 Å². The van der Waals surface area contributed by atoms with Crippen LogP contribution in [0.5, 0.6) is 0 Å². The topological polar surface area (TPSA) is 74.5 Å². The smallest absolute Gasteiger partial charge is 0.305 e. The van der Waals surface area contributed by atoms with Crippen molar-refractivity contribution in [3.63, 3.8) is 0 Å². The predicted molar refractivity (Wildman–Crippen MR) is 71.5 cm³/mol. The molecule has 0 spiro atoms. The molecule has 0 atom stereocenters. The Kier molecular flexibility index (Phi) is 7.67. The fourth-order valence-corrected chi connectivity index (χ4v) is 1.23. The standard InChI is InChI=1S/C10H10N2O2.C4H8O2/c1-2-4-9(5-3-1)6-13-7-10-12-11-8-14-10;1-3-4(5)6-2/h1-5,8H,6-7H2;3H2,1-2H3. The van der Waals surface area contributed by atoms with Crippen molar-refractivity contribution in [2.75, 3.05) is 7.11 Å². The second kappa shape index (κ2) is 9.69. The lowest BCUT2D eigenvalue weighted by Gasteiger charge is -2.00. The average molecular weight is 278 g/mol. The number of benzene rings is 1. The highest BCUT2D eigenvalue weighted by Gasteiger charge is 1.98. The first kappa shape index (κ1) is 15.8. The van der Waals surface area contributed by atoms with Gasteiger partial charge >= 0.3 is 5.97 Å². The molecule has 2 rings (SSSR count). The van der Waals surface area contributed by atoms with Gasteiger partial charge in [-0.3, -0.25) is 4.79 Å². The number of carbonyl (C=O) groups is 1. The Balaban J connectivity index is 0.000000286. The van der Waals surface area contributed by atoms with Crippen LogP contribution in [-0.2, 0) is 27.5 Å². The molecular weight excluding hydrogens is 260 g/mol. The van der Waals surface area contributed by atoms with Gasteiger partial charge in [-0.15, -0.1) is 10.2 Å². The summed E-state index contributed by atoms with van der Waals surface area (Å²) in [4.78, 5) is 9.96. The first-order valence-corrected chi connectivity index (χ1v) is 6.19.